The minimum absolute atomic E-state index is 1.10. The number of hydrogen-bond acceptors (Lipinski definition) is 1. The van der Waals surface area contributed by atoms with Gasteiger partial charge in [0.2, 0.25) is 0 Å². The second-order valence-electron chi connectivity index (χ2n) is 5.99. The summed E-state index contributed by atoms with van der Waals surface area (Å²) >= 11 is 0. The lowest BCUT2D eigenvalue weighted by Gasteiger charge is -2.09. The van der Waals surface area contributed by atoms with Gasteiger partial charge in [0.1, 0.15) is 5.65 Å². The standard InChI is InChI=1S/C20H20N2/c1-3-4-9-15-14-10-5-7-12-17(14)21-20-19(15)16-11-6-8-13-18(16)22(20)2/h5-8,10-13H,3-4,9H2,1-2H3. The van der Waals surface area contributed by atoms with Gasteiger partial charge in [0.15, 0.2) is 0 Å². The number of aromatic nitrogens is 2. The van der Waals surface area contributed by atoms with Crippen LogP contribution >= 0.6 is 0 Å². The first-order chi connectivity index (χ1) is 10.8. The molecule has 0 fully saturated rings. The Hall–Kier alpha value is -2.35. The highest BCUT2D eigenvalue weighted by Crippen LogP contribution is 2.34. The zero-order valence-electron chi connectivity index (χ0n) is 13.1. The maximum atomic E-state index is 4.95. The van der Waals surface area contributed by atoms with Crippen LogP contribution in [0.25, 0.3) is 32.8 Å². The fourth-order valence-electron chi connectivity index (χ4n) is 3.50. The highest BCUT2D eigenvalue weighted by atomic mass is 15.0. The Balaban J connectivity index is 2.22. The molecule has 2 heterocycles. The fourth-order valence-corrected chi connectivity index (χ4v) is 3.50. The Labute approximate surface area is 130 Å². The number of hydrogen-bond donors (Lipinski definition) is 0. The highest BCUT2D eigenvalue weighted by Gasteiger charge is 2.15. The molecule has 0 saturated carbocycles. The van der Waals surface area contributed by atoms with Crippen LogP contribution in [0.15, 0.2) is 48.5 Å². The van der Waals surface area contributed by atoms with Crippen molar-refractivity contribution in [2.45, 2.75) is 26.2 Å². The maximum absolute atomic E-state index is 4.95. The second kappa shape index (κ2) is 5.13. The van der Waals surface area contributed by atoms with Gasteiger partial charge in [0.05, 0.1) is 11.0 Å². The van der Waals surface area contributed by atoms with Crippen molar-refractivity contribution < 1.29 is 0 Å². The third-order valence-corrected chi connectivity index (χ3v) is 4.61. The van der Waals surface area contributed by atoms with Gasteiger partial charge < -0.3 is 4.57 Å². The number of rotatable bonds is 3. The summed E-state index contributed by atoms with van der Waals surface area (Å²) in [6.07, 6.45) is 3.54. The molecule has 0 atom stereocenters. The monoisotopic (exact) mass is 288 g/mol. The smallest absolute Gasteiger partial charge is 0.141 e. The number of aryl methyl sites for hydroxylation is 2. The van der Waals surface area contributed by atoms with Crippen LogP contribution in [-0.4, -0.2) is 9.55 Å². The van der Waals surface area contributed by atoms with Gasteiger partial charge in [-0.3, -0.25) is 0 Å². The van der Waals surface area contributed by atoms with E-state index < -0.39 is 0 Å². The van der Waals surface area contributed by atoms with E-state index in [1.54, 1.807) is 0 Å². The van der Waals surface area contributed by atoms with Crippen molar-refractivity contribution in [2.75, 3.05) is 0 Å². The van der Waals surface area contributed by atoms with Crippen LogP contribution in [0.3, 0.4) is 0 Å². The lowest BCUT2D eigenvalue weighted by Crippen LogP contribution is -1.95. The molecule has 110 valence electrons. The van der Waals surface area contributed by atoms with Gasteiger partial charge in [-0.15, -0.1) is 0 Å². The molecule has 0 saturated heterocycles. The molecule has 0 aliphatic rings. The molecule has 0 spiro atoms. The summed E-state index contributed by atoms with van der Waals surface area (Å²) in [6, 6.07) is 17.2. The molecule has 0 aliphatic heterocycles. The Morgan fingerprint density at radius 2 is 1.68 bits per heavy atom. The van der Waals surface area contributed by atoms with Crippen molar-refractivity contribution in [1.82, 2.24) is 9.55 Å². The molecule has 2 aromatic heterocycles. The zero-order valence-corrected chi connectivity index (χ0v) is 13.1. The lowest BCUT2D eigenvalue weighted by molar-refractivity contribution is 0.802. The topological polar surface area (TPSA) is 17.8 Å². The van der Waals surface area contributed by atoms with Gasteiger partial charge in [0, 0.05) is 23.2 Å². The van der Waals surface area contributed by atoms with Gasteiger partial charge >= 0.3 is 0 Å². The van der Waals surface area contributed by atoms with Crippen molar-refractivity contribution in [3.63, 3.8) is 0 Å². The van der Waals surface area contributed by atoms with E-state index in [0.29, 0.717) is 0 Å². The molecule has 0 N–H and O–H groups in total. The summed E-state index contributed by atoms with van der Waals surface area (Å²) in [4.78, 5) is 4.95. The number of para-hydroxylation sites is 2. The van der Waals surface area contributed by atoms with Crippen LogP contribution in [0.5, 0.6) is 0 Å². The highest BCUT2D eigenvalue weighted by molar-refractivity contribution is 6.12. The molecular formula is C20H20N2. The predicted molar refractivity (Wildman–Crippen MR) is 94.3 cm³/mol. The molecule has 2 heteroatoms. The van der Waals surface area contributed by atoms with Gasteiger partial charge in [-0.2, -0.15) is 0 Å². The third kappa shape index (κ3) is 1.83. The lowest BCUT2D eigenvalue weighted by atomic mass is 9.98. The van der Waals surface area contributed by atoms with Crippen LogP contribution in [-0.2, 0) is 13.5 Å². The molecular weight excluding hydrogens is 268 g/mol. The first kappa shape index (κ1) is 13.3. The summed E-state index contributed by atoms with van der Waals surface area (Å²) in [6.45, 7) is 2.25. The molecule has 4 rings (SSSR count). The van der Waals surface area contributed by atoms with E-state index in [4.69, 9.17) is 4.98 Å². The summed E-state index contributed by atoms with van der Waals surface area (Å²) in [7, 11) is 2.12. The van der Waals surface area contributed by atoms with Crippen LogP contribution in [0.4, 0.5) is 0 Å². The second-order valence-corrected chi connectivity index (χ2v) is 5.99. The van der Waals surface area contributed by atoms with E-state index in [1.807, 2.05) is 0 Å². The summed E-state index contributed by atoms with van der Waals surface area (Å²) in [5.74, 6) is 0. The number of fused-ring (bicyclic) bond motifs is 4. The van der Waals surface area contributed by atoms with E-state index in [-0.39, 0.29) is 0 Å². The Morgan fingerprint density at radius 3 is 2.50 bits per heavy atom. The first-order valence-corrected chi connectivity index (χ1v) is 8.06. The van der Waals surface area contributed by atoms with E-state index in [9.17, 15) is 0 Å². The summed E-state index contributed by atoms with van der Waals surface area (Å²) < 4.78 is 2.23. The van der Waals surface area contributed by atoms with Crippen molar-refractivity contribution in [3.05, 3.63) is 54.1 Å². The molecule has 0 amide bonds. The van der Waals surface area contributed by atoms with Crippen LogP contribution in [0.2, 0.25) is 0 Å². The average Bonchev–Trinajstić information content (AvgIpc) is 2.85. The normalized spacial score (nSPS) is 11.7. The van der Waals surface area contributed by atoms with Gasteiger partial charge in [0.25, 0.3) is 0 Å². The molecule has 0 radical (unpaired) electrons. The minimum atomic E-state index is 1.10. The maximum Gasteiger partial charge on any atom is 0.141 e. The van der Waals surface area contributed by atoms with E-state index in [1.165, 1.54) is 40.1 Å². The predicted octanol–water partition coefficient (Wildman–Crippen LogP) is 5.22. The largest absolute Gasteiger partial charge is 0.328 e. The molecule has 4 aromatic rings. The van der Waals surface area contributed by atoms with Crippen LogP contribution in [0, 0.1) is 0 Å². The Morgan fingerprint density at radius 1 is 0.955 bits per heavy atom. The number of unbranched alkanes of at least 4 members (excludes halogenated alkanes) is 1. The zero-order chi connectivity index (χ0) is 15.1. The Kier molecular flexibility index (Phi) is 3.11. The van der Waals surface area contributed by atoms with Gasteiger partial charge in [-0.05, 0) is 30.5 Å². The van der Waals surface area contributed by atoms with Gasteiger partial charge in [-0.25, -0.2) is 4.98 Å². The number of pyridine rings is 1. The average molecular weight is 288 g/mol. The summed E-state index contributed by atoms with van der Waals surface area (Å²) in [5, 5.41) is 3.97. The van der Waals surface area contributed by atoms with Crippen molar-refractivity contribution >= 4 is 32.8 Å². The number of nitrogens with zero attached hydrogens (tertiary/aromatic N) is 2. The van der Waals surface area contributed by atoms with Crippen LogP contribution in [0.1, 0.15) is 25.3 Å². The molecule has 0 bridgehead atoms. The number of benzene rings is 2. The SMILES string of the molecule is CCCCc1c2ccccc2nc2c1c1ccccc1n2C. The van der Waals surface area contributed by atoms with Crippen LogP contribution < -0.4 is 0 Å². The minimum Gasteiger partial charge on any atom is -0.328 e. The van der Waals surface area contributed by atoms with Crippen molar-refractivity contribution in [3.8, 4) is 0 Å². The van der Waals surface area contributed by atoms with E-state index >= 15 is 0 Å². The third-order valence-electron chi connectivity index (χ3n) is 4.61. The Bertz CT molecular complexity index is 979. The summed E-state index contributed by atoms with van der Waals surface area (Å²) in [5.41, 5.74) is 4.93. The van der Waals surface area contributed by atoms with Crippen molar-refractivity contribution in [2.24, 2.45) is 7.05 Å². The fraction of sp³-hybridized carbons (Fsp3) is 0.250. The first-order valence-electron chi connectivity index (χ1n) is 8.06. The van der Waals surface area contributed by atoms with E-state index in [2.05, 4.69) is 67.1 Å². The molecule has 2 aromatic carbocycles. The molecule has 0 unspecified atom stereocenters. The molecule has 0 aliphatic carbocycles. The molecule has 22 heavy (non-hydrogen) atoms. The quantitative estimate of drug-likeness (QED) is 0.505. The van der Waals surface area contributed by atoms with E-state index in [0.717, 1.165) is 17.6 Å². The van der Waals surface area contributed by atoms with Crippen molar-refractivity contribution in [1.29, 1.82) is 0 Å². The van der Waals surface area contributed by atoms with Gasteiger partial charge in [-0.1, -0.05) is 49.7 Å². The molecule has 2 nitrogen and oxygen atoms in total.